The Bertz CT molecular complexity index is 708. The summed E-state index contributed by atoms with van der Waals surface area (Å²) in [5, 5.41) is 17.2. The number of non-ortho nitro benzene ring substituents is 1. The first-order chi connectivity index (χ1) is 11.8. The lowest BCUT2D eigenvalue weighted by Crippen LogP contribution is -2.51. The molecule has 10 heteroatoms. The number of benzene rings is 1. The molecule has 134 valence electrons. The van der Waals surface area contributed by atoms with E-state index in [1.54, 1.807) is 0 Å². The van der Waals surface area contributed by atoms with Gasteiger partial charge in [0.15, 0.2) is 5.11 Å². The molecular formula is C15H19N5O4S. The molecule has 0 saturated carbocycles. The largest absolute Gasteiger partial charge is 0.361 e. The Morgan fingerprint density at radius 3 is 2.56 bits per heavy atom. The molecule has 1 atom stereocenters. The Balaban J connectivity index is 2.13. The van der Waals surface area contributed by atoms with Crippen LogP contribution in [0.5, 0.6) is 0 Å². The molecule has 1 aliphatic heterocycles. The summed E-state index contributed by atoms with van der Waals surface area (Å²) in [5.74, 6) is -0.550. The van der Waals surface area contributed by atoms with E-state index in [1.807, 2.05) is 6.92 Å². The average Bonchev–Trinajstić information content (AvgIpc) is 2.79. The molecule has 3 amide bonds. The van der Waals surface area contributed by atoms with Crippen LogP contribution in [0.1, 0.15) is 32.3 Å². The molecule has 1 heterocycles. The number of rotatable bonds is 6. The first-order valence-corrected chi connectivity index (χ1v) is 8.16. The summed E-state index contributed by atoms with van der Waals surface area (Å²) in [4.78, 5) is 35.0. The maximum absolute atomic E-state index is 12.7. The monoisotopic (exact) mass is 365 g/mol. The summed E-state index contributed by atoms with van der Waals surface area (Å²) in [6.45, 7) is 4.19. The van der Waals surface area contributed by atoms with Gasteiger partial charge in [0.05, 0.1) is 4.92 Å². The van der Waals surface area contributed by atoms with Gasteiger partial charge in [-0.05, 0) is 43.3 Å². The predicted octanol–water partition coefficient (Wildman–Crippen LogP) is 1.54. The molecule has 25 heavy (non-hydrogen) atoms. The van der Waals surface area contributed by atoms with Crippen LogP contribution in [0.25, 0.3) is 0 Å². The molecule has 0 radical (unpaired) electrons. The molecule has 1 saturated heterocycles. The number of thiocarbonyl (C=S) groups is 1. The summed E-state index contributed by atoms with van der Waals surface area (Å²) in [6, 6.07) is 4.81. The van der Waals surface area contributed by atoms with E-state index in [1.165, 1.54) is 31.2 Å². The Morgan fingerprint density at radius 2 is 2.00 bits per heavy atom. The third-order valence-corrected chi connectivity index (χ3v) is 4.11. The Hall–Kier alpha value is -2.75. The topological polar surface area (TPSA) is 117 Å². The standard InChI is InChI=1S/C15H19N5O4S/c1-3-4-9-16-13(25)18-19-12(21)15(2,17-14(19)22)10-5-7-11(8-6-10)20(23)24/h5-8H,3-4,9H2,1-2H3,(H,17,22)(H2,16,18,25)/t15-/m0/s1. The Kier molecular flexibility index (Phi) is 5.52. The Morgan fingerprint density at radius 1 is 1.36 bits per heavy atom. The molecule has 0 aromatic heterocycles. The van der Waals surface area contributed by atoms with Gasteiger partial charge in [0, 0.05) is 18.7 Å². The third-order valence-electron chi connectivity index (χ3n) is 3.88. The van der Waals surface area contributed by atoms with Crippen LogP contribution in [-0.2, 0) is 10.3 Å². The van der Waals surface area contributed by atoms with Crippen molar-refractivity contribution in [1.82, 2.24) is 21.1 Å². The van der Waals surface area contributed by atoms with Crippen molar-refractivity contribution in [2.75, 3.05) is 6.54 Å². The summed E-state index contributed by atoms with van der Waals surface area (Å²) in [7, 11) is 0. The van der Waals surface area contributed by atoms with Crippen LogP contribution in [-0.4, -0.2) is 33.5 Å². The minimum Gasteiger partial charge on any atom is -0.361 e. The number of hydrazine groups is 1. The second-order valence-corrected chi connectivity index (χ2v) is 6.13. The quantitative estimate of drug-likeness (QED) is 0.230. The minimum atomic E-state index is -1.34. The molecule has 1 aliphatic rings. The molecule has 0 spiro atoms. The van der Waals surface area contributed by atoms with Crippen molar-refractivity contribution in [3.8, 4) is 0 Å². The first-order valence-electron chi connectivity index (χ1n) is 7.75. The van der Waals surface area contributed by atoms with E-state index in [9.17, 15) is 19.7 Å². The number of nitro benzene ring substituents is 1. The number of hydrogen-bond donors (Lipinski definition) is 3. The minimum absolute atomic E-state index is 0.0968. The predicted molar refractivity (Wildman–Crippen MR) is 94.5 cm³/mol. The number of nitro groups is 1. The smallest absolute Gasteiger partial charge is 0.344 e. The zero-order chi connectivity index (χ0) is 18.6. The molecule has 1 aromatic carbocycles. The second kappa shape index (κ2) is 7.43. The lowest BCUT2D eigenvalue weighted by molar-refractivity contribution is -0.384. The number of imide groups is 1. The van der Waals surface area contributed by atoms with E-state index in [-0.39, 0.29) is 10.8 Å². The van der Waals surface area contributed by atoms with Crippen LogP contribution < -0.4 is 16.1 Å². The van der Waals surface area contributed by atoms with Crippen molar-refractivity contribution in [3.05, 3.63) is 39.9 Å². The summed E-state index contributed by atoms with van der Waals surface area (Å²) in [5.41, 5.74) is 1.58. The number of unbranched alkanes of at least 4 members (excludes halogenated alkanes) is 1. The molecule has 0 unspecified atom stereocenters. The van der Waals surface area contributed by atoms with Crippen molar-refractivity contribution in [3.63, 3.8) is 0 Å². The van der Waals surface area contributed by atoms with E-state index < -0.39 is 22.4 Å². The van der Waals surface area contributed by atoms with Gasteiger partial charge in [-0.3, -0.25) is 20.3 Å². The van der Waals surface area contributed by atoms with Crippen molar-refractivity contribution in [1.29, 1.82) is 0 Å². The number of amides is 3. The van der Waals surface area contributed by atoms with Gasteiger partial charge in [-0.15, -0.1) is 0 Å². The van der Waals surface area contributed by atoms with Gasteiger partial charge in [-0.25, -0.2) is 4.79 Å². The number of nitrogens with zero attached hydrogens (tertiary/aromatic N) is 2. The molecule has 2 rings (SSSR count). The molecule has 1 fully saturated rings. The number of hydrogen-bond acceptors (Lipinski definition) is 5. The van der Waals surface area contributed by atoms with E-state index in [2.05, 4.69) is 16.1 Å². The van der Waals surface area contributed by atoms with Crippen LogP contribution in [0.3, 0.4) is 0 Å². The van der Waals surface area contributed by atoms with E-state index in [4.69, 9.17) is 12.2 Å². The fourth-order valence-corrected chi connectivity index (χ4v) is 2.57. The van der Waals surface area contributed by atoms with Crippen molar-refractivity contribution < 1.29 is 14.5 Å². The van der Waals surface area contributed by atoms with Crippen LogP contribution in [0.4, 0.5) is 10.5 Å². The third kappa shape index (κ3) is 3.85. The SMILES string of the molecule is CCCCNC(=S)NN1C(=O)N[C@@](C)(c2ccc([N+](=O)[O-])cc2)C1=O. The van der Waals surface area contributed by atoms with Gasteiger partial charge in [0.2, 0.25) is 0 Å². The van der Waals surface area contributed by atoms with Crippen LogP contribution >= 0.6 is 12.2 Å². The highest BCUT2D eigenvalue weighted by Crippen LogP contribution is 2.29. The van der Waals surface area contributed by atoms with Crippen molar-refractivity contribution in [2.45, 2.75) is 32.2 Å². The fraction of sp³-hybridized carbons (Fsp3) is 0.400. The highest BCUT2D eigenvalue weighted by molar-refractivity contribution is 7.80. The zero-order valence-electron chi connectivity index (χ0n) is 13.9. The van der Waals surface area contributed by atoms with Gasteiger partial charge in [0.1, 0.15) is 5.54 Å². The number of nitrogens with one attached hydrogen (secondary N) is 3. The van der Waals surface area contributed by atoms with Crippen LogP contribution in [0.2, 0.25) is 0 Å². The fourth-order valence-electron chi connectivity index (χ4n) is 2.37. The van der Waals surface area contributed by atoms with E-state index in [0.29, 0.717) is 12.1 Å². The Labute approximate surface area is 149 Å². The number of carbonyl (C=O) groups excluding carboxylic acids is 2. The lowest BCUT2D eigenvalue weighted by atomic mass is 9.92. The van der Waals surface area contributed by atoms with Gasteiger partial charge in [-0.1, -0.05) is 13.3 Å². The second-order valence-electron chi connectivity index (χ2n) is 5.72. The highest BCUT2D eigenvalue weighted by Gasteiger charge is 2.49. The molecule has 3 N–H and O–H groups in total. The van der Waals surface area contributed by atoms with E-state index in [0.717, 1.165) is 17.9 Å². The summed E-state index contributed by atoms with van der Waals surface area (Å²) in [6.07, 6.45) is 1.89. The normalized spacial score (nSPS) is 19.5. The van der Waals surface area contributed by atoms with Crippen LogP contribution in [0, 0.1) is 10.1 Å². The van der Waals surface area contributed by atoms with Gasteiger partial charge in [0.25, 0.3) is 11.6 Å². The number of urea groups is 1. The average molecular weight is 365 g/mol. The first kappa shape index (κ1) is 18.6. The molecule has 0 aliphatic carbocycles. The van der Waals surface area contributed by atoms with Crippen LogP contribution in [0.15, 0.2) is 24.3 Å². The molecular weight excluding hydrogens is 346 g/mol. The lowest BCUT2D eigenvalue weighted by Gasteiger charge is -2.22. The summed E-state index contributed by atoms with van der Waals surface area (Å²) >= 11 is 5.08. The maximum atomic E-state index is 12.7. The summed E-state index contributed by atoms with van der Waals surface area (Å²) < 4.78 is 0. The van der Waals surface area contributed by atoms with Gasteiger partial charge < -0.3 is 10.6 Å². The number of carbonyl (C=O) groups is 2. The molecule has 1 aromatic rings. The van der Waals surface area contributed by atoms with Gasteiger partial charge >= 0.3 is 6.03 Å². The van der Waals surface area contributed by atoms with Gasteiger partial charge in [-0.2, -0.15) is 5.01 Å². The molecule has 9 nitrogen and oxygen atoms in total. The highest BCUT2D eigenvalue weighted by atomic mass is 32.1. The van der Waals surface area contributed by atoms with Crippen molar-refractivity contribution >= 4 is 35.0 Å². The van der Waals surface area contributed by atoms with E-state index >= 15 is 0 Å². The van der Waals surface area contributed by atoms with Crippen molar-refractivity contribution in [2.24, 2.45) is 0 Å². The molecule has 0 bridgehead atoms. The zero-order valence-corrected chi connectivity index (χ0v) is 14.7. The maximum Gasteiger partial charge on any atom is 0.344 e.